The second-order valence-electron chi connectivity index (χ2n) is 10.0. The van der Waals surface area contributed by atoms with E-state index in [4.69, 9.17) is 16.3 Å². The number of hydrogen-bond donors (Lipinski definition) is 1. The van der Waals surface area contributed by atoms with E-state index in [-0.39, 0.29) is 11.5 Å². The van der Waals surface area contributed by atoms with Crippen molar-refractivity contribution in [2.75, 3.05) is 44.2 Å². The molecule has 0 spiro atoms. The molecule has 4 unspecified atom stereocenters. The summed E-state index contributed by atoms with van der Waals surface area (Å²) in [5.74, 6) is 0.777. The van der Waals surface area contributed by atoms with Crippen molar-refractivity contribution in [3.05, 3.63) is 29.3 Å². The smallest absolute Gasteiger partial charge is 0.0900 e. The lowest BCUT2D eigenvalue weighted by atomic mass is 9.70. The minimum absolute atomic E-state index is 0.231. The molecular formula is C23H35ClN2O2. The Morgan fingerprint density at radius 3 is 2.61 bits per heavy atom. The van der Waals surface area contributed by atoms with Gasteiger partial charge in [0.05, 0.1) is 18.8 Å². The molecule has 4 rings (SSSR count). The third-order valence-electron chi connectivity index (χ3n) is 7.61. The van der Waals surface area contributed by atoms with Gasteiger partial charge in [-0.2, -0.15) is 0 Å². The maximum atomic E-state index is 10.6. The summed E-state index contributed by atoms with van der Waals surface area (Å²) in [7, 11) is 0. The molecule has 1 aromatic carbocycles. The van der Waals surface area contributed by atoms with E-state index >= 15 is 0 Å². The van der Waals surface area contributed by atoms with Crippen molar-refractivity contribution in [1.82, 2.24) is 4.90 Å². The summed E-state index contributed by atoms with van der Waals surface area (Å²) in [5, 5.41) is 11.4. The standard InChI is InChI=1S/C23H35ClN2O2/c1-22(2)17-7-8-23(3,14-17)21(22)28-16-20(27)15-25-9-11-26(12-10-25)19-6-4-5-18(24)13-19/h4-6,13,17,20-21,27H,7-12,14-16H2,1-3H3. The van der Waals surface area contributed by atoms with Gasteiger partial charge in [-0.25, -0.2) is 0 Å². The zero-order chi connectivity index (χ0) is 19.9. The first kappa shape index (κ1) is 20.5. The Labute approximate surface area is 174 Å². The highest BCUT2D eigenvalue weighted by molar-refractivity contribution is 6.30. The third-order valence-corrected chi connectivity index (χ3v) is 7.84. The maximum absolute atomic E-state index is 10.6. The molecule has 1 saturated heterocycles. The molecule has 156 valence electrons. The van der Waals surface area contributed by atoms with Gasteiger partial charge in [0.2, 0.25) is 0 Å². The van der Waals surface area contributed by atoms with Gasteiger partial charge in [0, 0.05) is 43.4 Å². The minimum Gasteiger partial charge on any atom is -0.389 e. The van der Waals surface area contributed by atoms with Crippen LogP contribution in [0.1, 0.15) is 40.0 Å². The average Bonchev–Trinajstić information content (AvgIpc) is 3.13. The molecule has 1 aromatic rings. The first-order valence-electron chi connectivity index (χ1n) is 10.8. The lowest BCUT2D eigenvalue weighted by Crippen LogP contribution is -2.50. The number of nitrogens with zero attached hydrogens (tertiary/aromatic N) is 2. The van der Waals surface area contributed by atoms with Gasteiger partial charge in [0.25, 0.3) is 0 Å². The molecular weight excluding hydrogens is 372 g/mol. The molecule has 3 fully saturated rings. The van der Waals surface area contributed by atoms with Gasteiger partial charge in [0.1, 0.15) is 0 Å². The Kier molecular flexibility index (Phi) is 5.69. The number of anilines is 1. The van der Waals surface area contributed by atoms with E-state index in [1.165, 1.54) is 24.9 Å². The van der Waals surface area contributed by atoms with Gasteiger partial charge in [-0.05, 0) is 54.2 Å². The molecule has 2 bridgehead atoms. The topological polar surface area (TPSA) is 35.9 Å². The van der Waals surface area contributed by atoms with Crippen molar-refractivity contribution in [2.45, 2.75) is 52.2 Å². The quantitative estimate of drug-likeness (QED) is 0.772. The first-order chi connectivity index (χ1) is 13.3. The van der Waals surface area contributed by atoms with E-state index in [1.807, 2.05) is 18.2 Å². The Morgan fingerprint density at radius 1 is 1.21 bits per heavy atom. The largest absolute Gasteiger partial charge is 0.389 e. The zero-order valence-corrected chi connectivity index (χ0v) is 18.3. The Hall–Kier alpha value is -0.810. The number of aliphatic hydroxyl groups is 1. The van der Waals surface area contributed by atoms with Crippen LogP contribution < -0.4 is 4.90 Å². The maximum Gasteiger partial charge on any atom is 0.0900 e. The number of β-amino-alcohol motifs (C(OH)–C–C–N with tert-alkyl or cyclic N) is 1. The van der Waals surface area contributed by atoms with Crippen LogP contribution in [0.25, 0.3) is 0 Å². The van der Waals surface area contributed by atoms with Crippen molar-refractivity contribution < 1.29 is 9.84 Å². The Bertz CT molecular complexity index is 684. The molecule has 0 aromatic heterocycles. The summed E-state index contributed by atoms with van der Waals surface area (Å²) in [6.07, 6.45) is 3.74. The Balaban J connectivity index is 1.24. The van der Waals surface area contributed by atoms with Crippen molar-refractivity contribution in [3.63, 3.8) is 0 Å². The SMILES string of the molecule is CC12CCC(C1)C(C)(C)C2OCC(O)CN1CCN(c2cccc(Cl)c2)CC1. The van der Waals surface area contributed by atoms with Crippen molar-refractivity contribution in [3.8, 4) is 0 Å². The van der Waals surface area contributed by atoms with Crippen LogP contribution in [0.15, 0.2) is 24.3 Å². The van der Waals surface area contributed by atoms with Crippen LogP contribution in [0.3, 0.4) is 0 Å². The van der Waals surface area contributed by atoms with Crippen LogP contribution in [-0.2, 0) is 4.74 Å². The fourth-order valence-corrected chi connectivity index (χ4v) is 6.28. The van der Waals surface area contributed by atoms with Crippen LogP contribution in [0.4, 0.5) is 5.69 Å². The van der Waals surface area contributed by atoms with E-state index in [2.05, 4.69) is 36.6 Å². The number of fused-ring (bicyclic) bond motifs is 2. The number of hydrogen-bond acceptors (Lipinski definition) is 4. The van der Waals surface area contributed by atoms with Crippen LogP contribution in [-0.4, -0.2) is 61.5 Å². The Morgan fingerprint density at radius 2 is 1.96 bits per heavy atom. The number of benzene rings is 1. The number of halogens is 1. The second-order valence-corrected chi connectivity index (χ2v) is 10.5. The molecule has 0 amide bonds. The predicted molar refractivity (Wildman–Crippen MR) is 115 cm³/mol. The minimum atomic E-state index is -0.420. The molecule has 3 aliphatic rings. The van der Waals surface area contributed by atoms with Crippen LogP contribution >= 0.6 is 11.6 Å². The van der Waals surface area contributed by atoms with Gasteiger partial charge >= 0.3 is 0 Å². The van der Waals surface area contributed by atoms with Crippen molar-refractivity contribution in [2.24, 2.45) is 16.7 Å². The van der Waals surface area contributed by atoms with Crippen molar-refractivity contribution >= 4 is 17.3 Å². The zero-order valence-electron chi connectivity index (χ0n) is 17.5. The predicted octanol–water partition coefficient (Wildman–Crippen LogP) is 4.05. The highest BCUT2D eigenvalue weighted by atomic mass is 35.5. The van der Waals surface area contributed by atoms with Crippen LogP contribution in [0.5, 0.6) is 0 Å². The molecule has 1 heterocycles. The number of rotatable bonds is 6. The van der Waals surface area contributed by atoms with Crippen LogP contribution in [0.2, 0.25) is 5.02 Å². The fourth-order valence-electron chi connectivity index (χ4n) is 6.09. The van der Waals surface area contributed by atoms with Crippen molar-refractivity contribution in [1.29, 1.82) is 0 Å². The van der Waals surface area contributed by atoms with Gasteiger partial charge in [-0.3, -0.25) is 4.90 Å². The highest BCUT2D eigenvalue weighted by Crippen LogP contribution is 2.63. The summed E-state index contributed by atoms with van der Waals surface area (Å²) < 4.78 is 6.36. The third kappa shape index (κ3) is 3.94. The summed E-state index contributed by atoms with van der Waals surface area (Å²) in [6.45, 7) is 12.1. The van der Waals surface area contributed by atoms with E-state index < -0.39 is 6.10 Å². The molecule has 4 nitrogen and oxygen atoms in total. The van der Waals surface area contributed by atoms with E-state index in [1.54, 1.807) is 0 Å². The summed E-state index contributed by atoms with van der Waals surface area (Å²) in [6, 6.07) is 8.05. The average molecular weight is 407 g/mol. The fraction of sp³-hybridized carbons (Fsp3) is 0.739. The van der Waals surface area contributed by atoms with Gasteiger partial charge in [0.15, 0.2) is 0 Å². The second kappa shape index (κ2) is 7.79. The number of piperazine rings is 1. The summed E-state index contributed by atoms with van der Waals surface area (Å²) in [4.78, 5) is 4.71. The summed E-state index contributed by atoms with van der Waals surface area (Å²) >= 11 is 6.12. The molecule has 4 atom stereocenters. The van der Waals surface area contributed by atoms with Crippen LogP contribution in [0, 0.1) is 16.7 Å². The first-order valence-corrected chi connectivity index (χ1v) is 11.2. The highest BCUT2D eigenvalue weighted by Gasteiger charge is 2.60. The lowest BCUT2D eigenvalue weighted by Gasteiger charge is -2.43. The molecule has 1 aliphatic heterocycles. The lowest BCUT2D eigenvalue weighted by molar-refractivity contribution is -0.113. The van der Waals surface area contributed by atoms with Gasteiger partial charge in [-0.15, -0.1) is 0 Å². The number of ether oxygens (including phenoxy) is 1. The van der Waals surface area contributed by atoms with Gasteiger partial charge < -0.3 is 14.7 Å². The van der Waals surface area contributed by atoms with E-state index in [9.17, 15) is 5.11 Å². The molecule has 2 aliphatic carbocycles. The molecule has 28 heavy (non-hydrogen) atoms. The number of aliphatic hydroxyl groups excluding tert-OH is 1. The molecule has 2 saturated carbocycles. The molecule has 1 N–H and O–H groups in total. The molecule has 5 heteroatoms. The summed E-state index contributed by atoms with van der Waals surface area (Å²) in [5.41, 5.74) is 1.72. The normalized spacial score (nSPS) is 33.4. The molecule has 0 radical (unpaired) electrons. The van der Waals surface area contributed by atoms with E-state index in [0.717, 1.165) is 37.1 Å². The van der Waals surface area contributed by atoms with E-state index in [0.29, 0.717) is 18.6 Å². The monoisotopic (exact) mass is 406 g/mol. The van der Waals surface area contributed by atoms with Gasteiger partial charge in [-0.1, -0.05) is 38.4 Å².